The van der Waals surface area contributed by atoms with Crippen LogP contribution in [0.15, 0.2) is 23.1 Å². The maximum Gasteiger partial charge on any atom is 0.262 e. The first kappa shape index (κ1) is 16.9. The van der Waals surface area contributed by atoms with Crippen LogP contribution in [0.2, 0.25) is 0 Å². The summed E-state index contributed by atoms with van der Waals surface area (Å²) < 4.78 is 5.07. The van der Waals surface area contributed by atoms with Gasteiger partial charge in [-0.25, -0.2) is 0 Å². The summed E-state index contributed by atoms with van der Waals surface area (Å²) in [6, 6.07) is 5.48. The Bertz CT molecular complexity index is 588. The topological polar surface area (TPSA) is 49.8 Å². The molecule has 4 nitrogen and oxygen atoms in total. The van der Waals surface area contributed by atoms with Crippen molar-refractivity contribution >= 4 is 23.7 Å². The van der Waals surface area contributed by atoms with Crippen LogP contribution in [0.3, 0.4) is 0 Å². The van der Waals surface area contributed by atoms with Gasteiger partial charge in [0.25, 0.3) is 5.91 Å². The molecule has 0 saturated carbocycles. The minimum atomic E-state index is -0.148. The lowest BCUT2D eigenvalue weighted by Crippen LogP contribution is -2.38. The molecular formula is C17H23NO3S. The summed E-state index contributed by atoms with van der Waals surface area (Å²) in [6.45, 7) is 7.19. The van der Waals surface area contributed by atoms with Crippen molar-refractivity contribution in [3.63, 3.8) is 0 Å². The number of carbonyl (C=O) groups is 1. The highest BCUT2D eigenvalue weighted by Crippen LogP contribution is 2.33. The molecule has 1 aliphatic rings. The molecule has 1 saturated heterocycles. The van der Waals surface area contributed by atoms with Gasteiger partial charge in [-0.3, -0.25) is 4.79 Å². The maximum absolute atomic E-state index is 12.4. The Labute approximate surface area is 136 Å². The van der Waals surface area contributed by atoms with E-state index in [4.69, 9.17) is 4.74 Å². The van der Waals surface area contributed by atoms with Crippen LogP contribution in [0.25, 0.3) is 6.08 Å². The molecule has 2 rings (SSSR count). The third-order valence-electron chi connectivity index (χ3n) is 3.53. The second-order valence-corrected chi connectivity index (χ2v) is 7.51. The van der Waals surface area contributed by atoms with E-state index in [2.05, 4.69) is 20.8 Å². The Balaban J connectivity index is 2.31. The standard InChI is InChI=1S/C17H23NO3S/c1-17(2,3)13-9-12(5-6-14(13)19)10-15-16(20)18(11-21-4)7-8-22-15/h5-6,9-10,19H,7-8,11H2,1-4H3/b15-10-. The summed E-state index contributed by atoms with van der Waals surface area (Å²) in [6.07, 6.45) is 1.89. The Kier molecular flexibility index (Phi) is 5.19. The smallest absolute Gasteiger partial charge is 0.262 e. The van der Waals surface area contributed by atoms with E-state index in [0.717, 1.165) is 16.9 Å². The summed E-state index contributed by atoms with van der Waals surface area (Å²) in [5.41, 5.74) is 1.66. The molecule has 0 spiro atoms. The highest BCUT2D eigenvalue weighted by Gasteiger charge is 2.24. The van der Waals surface area contributed by atoms with Crippen LogP contribution in [-0.2, 0) is 14.9 Å². The third kappa shape index (κ3) is 3.84. The van der Waals surface area contributed by atoms with Crippen LogP contribution in [0.1, 0.15) is 31.9 Å². The predicted molar refractivity (Wildman–Crippen MR) is 90.8 cm³/mol. The van der Waals surface area contributed by atoms with Crippen molar-refractivity contribution < 1.29 is 14.6 Å². The Morgan fingerprint density at radius 1 is 1.41 bits per heavy atom. The fourth-order valence-electron chi connectivity index (χ4n) is 2.36. The first-order valence-electron chi connectivity index (χ1n) is 7.29. The molecule has 1 heterocycles. The third-order valence-corrected chi connectivity index (χ3v) is 4.52. The van der Waals surface area contributed by atoms with E-state index < -0.39 is 0 Å². The number of benzene rings is 1. The number of amides is 1. The molecule has 22 heavy (non-hydrogen) atoms. The van der Waals surface area contributed by atoms with Gasteiger partial charge >= 0.3 is 0 Å². The zero-order valence-corrected chi connectivity index (χ0v) is 14.4. The van der Waals surface area contributed by atoms with E-state index in [0.29, 0.717) is 23.9 Å². The van der Waals surface area contributed by atoms with Crippen LogP contribution >= 0.6 is 11.8 Å². The summed E-state index contributed by atoms with van der Waals surface area (Å²) in [5.74, 6) is 1.16. The van der Waals surface area contributed by atoms with E-state index in [-0.39, 0.29) is 11.3 Å². The minimum Gasteiger partial charge on any atom is -0.508 e. The molecule has 1 aromatic carbocycles. The molecule has 0 radical (unpaired) electrons. The first-order chi connectivity index (χ1) is 10.3. The monoisotopic (exact) mass is 321 g/mol. The Morgan fingerprint density at radius 3 is 2.77 bits per heavy atom. The molecule has 1 N–H and O–H groups in total. The van der Waals surface area contributed by atoms with Crippen LogP contribution in [0.4, 0.5) is 0 Å². The van der Waals surface area contributed by atoms with Gasteiger partial charge in [-0.05, 0) is 34.8 Å². The van der Waals surface area contributed by atoms with Crippen LogP contribution in [0.5, 0.6) is 5.75 Å². The normalized spacial score (nSPS) is 18.1. The second-order valence-electron chi connectivity index (χ2n) is 6.37. The van der Waals surface area contributed by atoms with E-state index in [1.165, 1.54) is 0 Å². The first-order valence-corrected chi connectivity index (χ1v) is 8.27. The van der Waals surface area contributed by atoms with Crippen molar-refractivity contribution in [1.82, 2.24) is 4.90 Å². The summed E-state index contributed by atoms with van der Waals surface area (Å²) in [4.78, 5) is 14.8. The zero-order chi connectivity index (χ0) is 16.3. The molecule has 1 amide bonds. The number of carbonyl (C=O) groups excluding carboxylic acids is 1. The Hall–Kier alpha value is -1.46. The number of thioether (sulfide) groups is 1. The summed E-state index contributed by atoms with van der Waals surface area (Å²) in [7, 11) is 1.59. The van der Waals surface area contributed by atoms with Crippen LogP contribution in [-0.4, -0.2) is 42.1 Å². The summed E-state index contributed by atoms with van der Waals surface area (Å²) in [5, 5.41) is 10.0. The number of rotatable bonds is 3. The highest BCUT2D eigenvalue weighted by atomic mass is 32.2. The molecule has 0 atom stereocenters. The van der Waals surface area contributed by atoms with Crippen molar-refractivity contribution in [2.75, 3.05) is 26.1 Å². The SMILES string of the molecule is COCN1CCS/C(=C\c2ccc(O)c(C(C)(C)C)c2)C1=O. The molecule has 120 valence electrons. The van der Waals surface area contributed by atoms with Crippen molar-refractivity contribution in [1.29, 1.82) is 0 Å². The molecular weight excluding hydrogens is 298 g/mol. The number of methoxy groups -OCH3 is 1. The molecule has 1 aromatic rings. The van der Waals surface area contributed by atoms with E-state index >= 15 is 0 Å². The minimum absolute atomic E-state index is 0.00323. The number of nitrogens with zero attached hydrogens (tertiary/aromatic N) is 1. The molecule has 1 aliphatic heterocycles. The lowest BCUT2D eigenvalue weighted by atomic mass is 9.85. The predicted octanol–water partition coefficient (Wildman–Crippen LogP) is 3.21. The molecule has 0 aliphatic carbocycles. The van der Waals surface area contributed by atoms with Gasteiger partial charge < -0.3 is 14.7 Å². The van der Waals surface area contributed by atoms with Crippen molar-refractivity contribution in [3.8, 4) is 5.75 Å². The van der Waals surface area contributed by atoms with Crippen molar-refractivity contribution in [2.45, 2.75) is 26.2 Å². The van der Waals surface area contributed by atoms with Crippen molar-refractivity contribution in [2.24, 2.45) is 0 Å². The van der Waals surface area contributed by atoms with Gasteiger partial charge in [0.15, 0.2) is 0 Å². The van der Waals surface area contributed by atoms with Crippen LogP contribution < -0.4 is 0 Å². The lowest BCUT2D eigenvalue weighted by molar-refractivity contribution is -0.130. The van der Waals surface area contributed by atoms with Gasteiger partial charge in [-0.2, -0.15) is 0 Å². The van der Waals surface area contributed by atoms with E-state index in [1.54, 1.807) is 29.8 Å². The van der Waals surface area contributed by atoms with Crippen molar-refractivity contribution in [3.05, 3.63) is 34.2 Å². The molecule has 0 bridgehead atoms. The second kappa shape index (κ2) is 6.75. The Morgan fingerprint density at radius 2 is 2.14 bits per heavy atom. The van der Waals surface area contributed by atoms with Gasteiger partial charge in [-0.1, -0.05) is 26.8 Å². The quantitative estimate of drug-likeness (QED) is 0.869. The van der Waals surface area contributed by atoms with Gasteiger partial charge in [0.1, 0.15) is 12.5 Å². The van der Waals surface area contributed by atoms with E-state index in [9.17, 15) is 9.90 Å². The molecule has 0 aromatic heterocycles. The molecule has 0 unspecified atom stereocenters. The number of phenols is 1. The maximum atomic E-state index is 12.4. The van der Waals surface area contributed by atoms with Gasteiger partial charge in [0.2, 0.25) is 0 Å². The largest absolute Gasteiger partial charge is 0.508 e. The van der Waals surface area contributed by atoms with Gasteiger partial charge in [0, 0.05) is 19.4 Å². The fraction of sp³-hybridized carbons (Fsp3) is 0.471. The summed E-state index contributed by atoms with van der Waals surface area (Å²) >= 11 is 1.57. The fourth-order valence-corrected chi connectivity index (χ4v) is 3.37. The molecule has 1 fully saturated rings. The number of phenolic OH excluding ortho intramolecular Hbond substituents is 1. The van der Waals surface area contributed by atoms with Crippen LogP contribution in [0, 0.1) is 0 Å². The van der Waals surface area contributed by atoms with Gasteiger partial charge in [-0.15, -0.1) is 11.8 Å². The number of hydrogen-bond acceptors (Lipinski definition) is 4. The average molecular weight is 321 g/mol. The van der Waals surface area contributed by atoms with E-state index in [1.807, 2.05) is 18.2 Å². The lowest BCUT2D eigenvalue weighted by Gasteiger charge is -2.27. The number of aromatic hydroxyl groups is 1. The number of ether oxygens (including phenoxy) is 1. The highest BCUT2D eigenvalue weighted by molar-refractivity contribution is 8.04. The zero-order valence-electron chi connectivity index (χ0n) is 13.5. The average Bonchev–Trinajstić information content (AvgIpc) is 2.44. The van der Waals surface area contributed by atoms with Gasteiger partial charge in [0.05, 0.1) is 4.91 Å². The number of hydrogen-bond donors (Lipinski definition) is 1. The molecule has 5 heteroatoms.